The van der Waals surface area contributed by atoms with Gasteiger partial charge in [0, 0.05) is 33.6 Å². The van der Waals surface area contributed by atoms with E-state index >= 15 is 0 Å². The lowest BCUT2D eigenvalue weighted by Crippen LogP contribution is -2.32. The summed E-state index contributed by atoms with van der Waals surface area (Å²) in [4.78, 5) is 26.5. The quantitative estimate of drug-likeness (QED) is 0.517. The average molecular weight is 479 g/mol. The molecule has 2 rings (SSSR count). The van der Waals surface area contributed by atoms with Gasteiger partial charge in [0.25, 0.3) is 5.91 Å². The Morgan fingerprint density at radius 1 is 0.889 bits per heavy atom. The highest BCUT2D eigenvalue weighted by Gasteiger charge is 2.14. The fraction of sp³-hybridized carbons (Fsp3) is 0.333. The molecular weight excluding hydrogens is 453 g/mol. The number of hydrogen-bond donors (Lipinski definition) is 2. The van der Waals surface area contributed by atoms with Crippen LogP contribution in [0.1, 0.15) is 37.0 Å². The van der Waals surface area contributed by atoms with Crippen molar-refractivity contribution in [2.75, 3.05) is 30.3 Å². The number of halogens is 1. The molecular formula is C21H26IN3O2. The minimum absolute atomic E-state index is 0.0571. The van der Waals surface area contributed by atoms with Gasteiger partial charge in [0.05, 0.1) is 6.54 Å². The first-order chi connectivity index (χ1) is 13.0. The molecule has 6 heteroatoms. The molecule has 0 fully saturated rings. The van der Waals surface area contributed by atoms with Crippen molar-refractivity contribution in [3.05, 3.63) is 57.7 Å². The van der Waals surface area contributed by atoms with Crippen LogP contribution in [0.4, 0.5) is 11.4 Å². The molecule has 0 heterocycles. The van der Waals surface area contributed by atoms with E-state index in [1.165, 1.54) is 0 Å². The van der Waals surface area contributed by atoms with Crippen LogP contribution >= 0.6 is 22.6 Å². The largest absolute Gasteiger partial charge is 0.376 e. The Morgan fingerprint density at radius 3 is 2.00 bits per heavy atom. The summed E-state index contributed by atoms with van der Waals surface area (Å²) in [6.07, 6.45) is 1.89. The Balaban J connectivity index is 1.88. The van der Waals surface area contributed by atoms with Crippen molar-refractivity contribution in [1.29, 1.82) is 0 Å². The molecule has 0 aliphatic rings. The highest BCUT2D eigenvalue weighted by atomic mass is 127. The molecule has 0 saturated heterocycles. The molecule has 144 valence electrons. The van der Waals surface area contributed by atoms with E-state index in [1.807, 2.05) is 41.3 Å². The lowest BCUT2D eigenvalue weighted by atomic mass is 10.1. The Morgan fingerprint density at radius 2 is 1.44 bits per heavy atom. The van der Waals surface area contributed by atoms with Gasteiger partial charge in [-0.3, -0.25) is 9.59 Å². The Hall–Kier alpha value is -2.09. The maximum absolute atomic E-state index is 12.6. The van der Waals surface area contributed by atoms with Gasteiger partial charge in [-0.05, 0) is 84.0 Å². The van der Waals surface area contributed by atoms with Crippen molar-refractivity contribution < 1.29 is 9.59 Å². The van der Waals surface area contributed by atoms with Gasteiger partial charge < -0.3 is 15.5 Å². The number of amides is 2. The molecule has 0 radical (unpaired) electrons. The highest BCUT2D eigenvalue weighted by molar-refractivity contribution is 14.1. The van der Waals surface area contributed by atoms with E-state index in [-0.39, 0.29) is 18.4 Å². The average Bonchev–Trinajstić information content (AvgIpc) is 2.68. The maximum atomic E-state index is 12.6. The zero-order valence-electron chi connectivity index (χ0n) is 15.8. The van der Waals surface area contributed by atoms with Crippen LogP contribution in [0.5, 0.6) is 0 Å². The van der Waals surface area contributed by atoms with E-state index < -0.39 is 0 Å². The first-order valence-electron chi connectivity index (χ1n) is 9.22. The first kappa shape index (κ1) is 21.2. The molecule has 0 spiro atoms. The van der Waals surface area contributed by atoms with Crippen LogP contribution in [0.15, 0.2) is 48.5 Å². The van der Waals surface area contributed by atoms with Crippen molar-refractivity contribution in [2.24, 2.45) is 0 Å². The van der Waals surface area contributed by atoms with Crippen LogP contribution in [0.2, 0.25) is 0 Å². The third-order valence-electron chi connectivity index (χ3n) is 3.99. The third-order valence-corrected chi connectivity index (χ3v) is 4.71. The SMILES string of the molecule is CCCN(CCC)C(=O)c1ccc(NCC(=O)Nc2ccc(I)cc2)cc1. The Bertz CT molecular complexity index is 739. The number of nitrogens with zero attached hydrogens (tertiary/aromatic N) is 1. The lowest BCUT2D eigenvalue weighted by Gasteiger charge is -2.21. The monoisotopic (exact) mass is 479 g/mol. The van der Waals surface area contributed by atoms with Gasteiger partial charge >= 0.3 is 0 Å². The molecule has 0 aliphatic heterocycles. The van der Waals surface area contributed by atoms with Crippen LogP contribution in [-0.2, 0) is 4.79 Å². The smallest absolute Gasteiger partial charge is 0.253 e. The molecule has 5 nitrogen and oxygen atoms in total. The Kier molecular flexibility index (Phi) is 8.57. The second-order valence-electron chi connectivity index (χ2n) is 6.28. The Labute approximate surface area is 174 Å². The van der Waals surface area contributed by atoms with E-state index in [4.69, 9.17) is 0 Å². The molecule has 2 aromatic carbocycles. The number of rotatable bonds is 9. The van der Waals surface area contributed by atoms with Crippen LogP contribution < -0.4 is 10.6 Å². The molecule has 0 aliphatic carbocycles. The summed E-state index contributed by atoms with van der Waals surface area (Å²) in [5.74, 6) is -0.0601. The van der Waals surface area contributed by atoms with Gasteiger partial charge in [0.2, 0.25) is 5.91 Å². The van der Waals surface area contributed by atoms with Crippen molar-refractivity contribution in [2.45, 2.75) is 26.7 Å². The minimum atomic E-state index is -0.117. The fourth-order valence-corrected chi connectivity index (χ4v) is 3.05. The summed E-state index contributed by atoms with van der Waals surface area (Å²) >= 11 is 2.22. The second-order valence-corrected chi connectivity index (χ2v) is 7.52. The summed E-state index contributed by atoms with van der Waals surface area (Å²) in [5, 5.41) is 5.93. The maximum Gasteiger partial charge on any atom is 0.253 e. The highest BCUT2D eigenvalue weighted by Crippen LogP contribution is 2.13. The molecule has 2 N–H and O–H groups in total. The standard InChI is InChI=1S/C21H26IN3O2/c1-3-13-25(14-4-2)21(27)16-5-9-18(10-6-16)23-15-20(26)24-19-11-7-17(22)8-12-19/h5-12,23H,3-4,13-15H2,1-2H3,(H,24,26). The fourth-order valence-electron chi connectivity index (χ4n) is 2.69. The minimum Gasteiger partial charge on any atom is -0.376 e. The van der Waals surface area contributed by atoms with E-state index in [1.54, 1.807) is 12.1 Å². The summed E-state index contributed by atoms with van der Waals surface area (Å²) in [7, 11) is 0. The first-order valence-corrected chi connectivity index (χ1v) is 10.3. The van der Waals surface area contributed by atoms with E-state index in [0.29, 0.717) is 5.56 Å². The predicted molar refractivity (Wildman–Crippen MR) is 119 cm³/mol. The van der Waals surface area contributed by atoms with Gasteiger partial charge in [0.15, 0.2) is 0 Å². The summed E-state index contributed by atoms with van der Waals surface area (Å²) in [5.41, 5.74) is 2.25. The van der Waals surface area contributed by atoms with Crippen LogP contribution in [0, 0.1) is 3.57 Å². The molecule has 2 amide bonds. The van der Waals surface area contributed by atoms with Crippen LogP contribution in [0.25, 0.3) is 0 Å². The van der Waals surface area contributed by atoms with Crippen molar-refractivity contribution >= 4 is 45.8 Å². The van der Waals surface area contributed by atoms with Crippen molar-refractivity contribution in [1.82, 2.24) is 4.90 Å². The number of carbonyl (C=O) groups is 2. The molecule has 0 saturated carbocycles. The predicted octanol–water partition coefficient (Wildman–Crippen LogP) is 4.60. The van der Waals surface area contributed by atoms with Gasteiger partial charge in [0.1, 0.15) is 0 Å². The van der Waals surface area contributed by atoms with E-state index in [0.717, 1.165) is 40.9 Å². The van der Waals surface area contributed by atoms with Crippen LogP contribution in [0.3, 0.4) is 0 Å². The van der Waals surface area contributed by atoms with Crippen molar-refractivity contribution in [3.8, 4) is 0 Å². The topological polar surface area (TPSA) is 61.4 Å². The summed E-state index contributed by atoms with van der Waals surface area (Å²) in [6.45, 7) is 5.85. The zero-order chi connectivity index (χ0) is 19.6. The molecule has 27 heavy (non-hydrogen) atoms. The number of hydrogen-bond acceptors (Lipinski definition) is 3. The van der Waals surface area contributed by atoms with Gasteiger partial charge in [-0.1, -0.05) is 13.8 Å². The third kappa shape index (κ3) is 6.86. The van der Waals surface area contributed by atoms with Crippen molar-refractivity contribution in [3.63, 3.8) is 0 Å². The normalized spacial score (nSPS) is 10.3. The van der Waals surface area contributed by atoms with Gasteiger partial charge in [-0.15, -0.1) is 0 Å². The molecule has 0 unspecified atom stereocenters. The zero-order valence-corrected chi connectivity index (χ0v) is 18.0. The van der Waals surface area contributed by atoms with Gasteiger partial charge in [-0.25, -0.2) is 0 Å². The summed E-state index contributed by atoms with van der Waals surface area (Å²) < 4.78 is 1.12. The number of carbonyl (C=O) groups excluding carboxylic acids is 2. The number of nitrogens with one attached hydrogen (secondary N) is 2. The van der Waals surface area contributed by atoms with E-state index in [2.05, 4.69) is 47.1 Å². The number of benzene rings is 2. The number of anilines is 2. The molecule has 0 aromatic heterocycles. The molecule has 0 atom stereocenters. The van der Waals surface area contributed by atoms with Gasteiger partial charge in [-0.2, -0.15) is 0 Å². The summed E-state index contributed by atoms with van der Waals surface area (Å²) in [6, 6.07) is 14.9. The lowest BCUT2D eigenvalue weighted by molar-refractivity contribution is -0.114. The molecule has 0 bridgehead atoms. The molecule has 2 aromatic rings. The van der Waals surface area contributed by atoms with Crippen LogP contribution in [-0.4, -0.2) is 36.3 Å². The van der Waals surface area contributed by atoms with E-state index in [9.17, 15) is 9.59 Å². The second kappa shape index (κ2) is 10.9.